The minimum atomic E-state index is 0.458. The highest BCUT2D eigenvalue weighted by Gasteiger charge is 2.21. The number of pyridine rings is 1. The SMILES string of the molecule is Cc1ccc2ccc(N[C@H]3CC[C@H](CNc4ncc(I)cn4)CC3)nc2c1Cl. The van der Waals surface area contributed by atoms with Crippen molar-refractivity contribution >= 4 is 56.9 Å². The third-order valence-corrected chi connectivity index (χ3v) is 6.40. The topological polar surface area (TPSA) is 62.7 Å². The summed E-state index contributed by atoms with van der Waals surface area (Å²) in [5.74, 6) is 2.28. The largest absolute Gasteiger partial charge is 0.367 e. The van der Waals surface area contributed by atoms with Crippen LogP contribution in [-0.4, -0.2) is 27.5 Å². The lowest BCUT2D eigenvalue weighted by atomic mass is 9.86. The van der Waals surface area contributed by atoms with Crippen molar-refractivity contribution in [1.82, 2.24) is 15.0 Å². The van der Waals surface area contributed by atoms with Gasteiger partial charge in [0.2, 0.25) is 5.95 Å². The second-order valence-corrected chi connectivity index (χ2v) is 9.06. The molecule has 5 nitrogen and oxygen atoms in total. The van der Waals surface area contributed by atoms with Crippen LogP contribution < -0.4 is 10.6 Å². The summed E-state index contributed by atoms with van der Waals surface area (Å²) in [6.45, 7) is 2.94. The van der Waals surface area contributed by atoms with Gasteiger partial charge in [0.25, 0.3) is 0 Å². The Morgan fingerprint density at radius 3 is 2.54 bits per heavy atom. The fourth-order valence-corrected chi connectivity index (χ4v) is 4.19. The number of anilines is 2. The maximum Gasteiger partial charge on any atom is 0.222 e. The van der Waals surface area contributed by atoms with Crippen molar-refractivity contribution in [2.75, 3.05) is 17.2 Å². The molecular weight excluding hydrogens is 485 g/mol. The molecule has 1 aliphatic rings. The minimum Gasteiger partial charge on any atom is -0.367 e. The zero-order valence-corrected chi connectivity index (χ0v) is 18.7. The lowest BCUT2D eigenvalue weighted by Crippen LogP contribution is -2.29. The van der Waals surface area contributed by atoms with Crippen LogP contribution in [0.25, 0.3) is 10.9 Å². The number of halogens is 2. The van der Waals surface area contributed by atoms with Crippen LogP contribution in [0, 0.1) is 16.4 Å². The van der Waals surface area contributed by atoms with Gasteiger partial charge in [-0.1, -0.05) is 23.7 Å². The molecule has 2 aromatic heterocycles. The van der Waals surface area contributed by atoms with E-state index < -0.39 is 0 Å². The molecule has 2 heterocycles. The average Bonchev–Trinajstić information content (AvgIpc) is 2.72. The highest BCUT2D eigenvalue weighted by Crippen LogP contribution is 2.29. The molecule has 3 aromatic rings. The first kappa shape index (κ1) is 19.6. The predicted molar refractivity (Wildman–Crippen MR) is 124 cm³/mol. The number of aryl methyl sites for hydroxylation is 1. The van der Waals surface area contributed by atoms with Gasteiger partial charge in [0.05, 0.1) is 10.5 Å². The summed E-state index contributed by atoms with van der Waals surface area (Å²) in [6, 6.07) is 8.71. The average molecular weight is 508 g/mol. The van der Waals surface area contributed by atoms with Crippen LogP contribution in [0.15, 0.2) is 36.7 Å². The molecule has 0 unspecified atom stereocenters. The van der Waals surface area contributed by atoms with Gasteiger partial charge in [-0.15, -0.1) is 0 Å². The van der Waals surface area contributed by atoms with Crippen LogP contribution in [0.5, 0.6) is 0 Å². The molecule has 7 heteroatoms. The van der Waals surface area contributed by atoms with Gasteiger partial charge in [0, 0.05) is 33.9 Å². The van der Waals surface area contributed by atoms with Gasteiger partial charge in [-0.2, -0.15) is 0 Å². The van der Waals surface area contributed by atoms with Gasteiger partial charge in [-0.3, -0.25) is 0 Å². The van der Waals surface area contributed by atoms with Crippen molar-refractivity contribution in [2.45, 2.75) is 38.6 Å². The molecule has 0 spiro atoms. The molecule has 28 heavy (non-hydrogen) atoms. The van der Waals surface area contributed by atoms with Crippen LogP contribution in [0.3, 0.4) is 0 Å². The van der Waals surface area contributed by atoms with E-state index in [4.69, 9.17) is 16.6 Å². The van der Waals surface area contributed by atoms with E-state index in [9.17, 15) is 0 Å². The Morgan fingerprint density at radius 1 is 1.07 bits per heavy atom. The monoisotopic (exact) mass is 507 g/mol. The number of fused-ring (bicyclic) bond motifs is 1. The Morgan fingerprint density at radius 2 is 1.79 bits per heavy atom. The molecule has 1 fully saturated rings. The molecular formula is C21H23ClIN5. The van der Waals surface area contributed by atoms with Gasteiger partial charge < -0.3 is 10.6 Å². The standard InChI is InChI=1S/C21H23ClIN5/c1-13-2-5-15-6-9-18(28-20(15)19(13)22)27-17-7-3-14(4-8-17)10-24-21-25-11-16(23)12-26-21/h2,5-6,9,11-12,14,17H,3-4,7-8,10H2,1H3,(H,27,28)(H,24,25,26)/t14-,17-. The fraction of sp³-hybridized carbons (Fsp3) is 0.381. The first-order valence-electron chi connectivity index (χ1n) is 9.62. The van der Waals surface area contributed by atoms with Crippen molar-refractivity contribution in [3.63, 3.8) is 0 Å². The van der Waals surface area contributed by atoms with Gasteiger partial charge in [-0.05, 0) is 78.8 Å². The zero-order chi connectivity index (χ0) is 19.5. The Kier molecular flexibility index (Phi) is 6.16. The quantitative estimate of drug-likeness (QED) is 0.436. The molecule has 0 amide bonds. The molecule has 0 atom stereocenters. The van der Waals surface area contributed by atoms with Crippen LogP contribution in [-0.2, 0) is 0 Å². The lowest BCUT2D eigenvalue weighted by Gasteiger charge is -2.29. The summed E-state index contributed by atoms with van der Waals surface area (Å²) >= 11 is 8.66. The van der Waals surface area contributed by atoms with Gasteiger partial charge in [-0.25, -0.2) is 15.0 Å². The molecule has 0 bridgehead atoms. The van der Waals surface area contributed by atoms with Crippen LogP contribution in [0.1, 0.15) is 31.2 Å². The Balaban J connectivity index is 1.31. The fourth-order valence-electron chi connectivity index (χ4n) is 3.69. The summed E-state index contributed by atoms with van der Waals surface area (Å²) in [6.07, 6.45) is 8.31. The first-order valence-corrected chi connectivity index (χ1v) is 11.1. The van der Waals surface area contributed by atoms with E-state index in [0.717, 1.165) is 50.3 Å². The second-order valence-electron chi connectivity index (χ2n) is 7.43. The number of rotatable bonds is 5. The zero-order valence-electron chi connectivity index (χ0n) is 15.8. The number of benzene rings is 1. The van der Waals surface area contributed by atoms with Crippen molar-refractivity contribution in [3.8, 4) is 0 Å². The van der Waals surface area contributed by atoms with Gasteiger partial charge in [0.15, 0.2) is 0 Å². The van der Waals surface area contributed by atoms with Gasteiger partial charge in [0.1, 0.15) is 5.82 Å². The van der Waals surface area contributed by atoms with Crippen molar-refractivity contribution in [3.05, 3.63) is 50.8 Å². The third kappa shape index (κ3) is 4.66. The number of hydrogen-bond acceptors (Lipinski definition) is 5. The molecule has 0 aliphatic heterocycles. The second kappa shape index (κ2) is 8.78. The van der Waals surface area contributed by atoms with Gasteiger partial charge >= 0.3 is 0 Å². The lowest BCUT2D eigenvalue weighted by molar-refractivity contribution is 0.350. The summed E-state index contributed by atoms with van der Waals surface area (Å²) < 4.78 is 1.05. The van der Waals surface area contributed by atoms with E-state index in [2.05, 4.69) is 61.4 Å². The Hall–Kier alpha value is -1.67. The molecule has 1 aliphatic carbocycles. The normalized spacial score (nSPS) is 19.5. The molecule has 0 saturated heterocycles. The summed E-state index contributed by atoms with van der Waals surface area (Å²) in [7, 11) is 0. The highest BCUT2D eigenvalue weighted by molar-refractivity contribution is 14.1. The van der Waals surface area contributed by atoms with E-state index in [0.29, 0.717) is 17.9 Å². The summed E-state index contributed by atoms with van der Waals surface area (Å²) in [4.78, 5) is 13.4. The smallest absolute Gasteiger partial charge is 0.222 e. The summed E-state index contributed by atoms with van der Waals surface area (Å²) in [5.41, 5.74) is 1.94. The van der Waals surface area contributed by atoms with E-state index in [1.54, 1.807) is 0 Å². The van der Waals surface area contributed by atoms with E-state index in [1.807, 2.05) is 25.4 Å². The Bertz CT molecular complexity index is 955. The molecule has 1 aromatic carbocycles. The summed E-state index contributed by atoms with van der Waals surface area (Å²) in [5, 5.41) is 8.79. The molecule has 0 radical (unpaired) electrons. The molecule has 1 saturated carbocycles. The van der Waals surface area contributed by atoms with E-state index in [1.165, 1.54) is 12.8 Å². The highest BCUT2D eigenvalue weighted by atomic mass is 127. The maximum atomic E-state index is 6.45. The van der Waals surface area contributed by atoms with Crippen molar-refractivity contribution < 1.29 is 0 Å². The third-order valence-electron chi connectivity index (χ3n) is 5.36. The predicted octanol–water partition coefficient (Wildman–Crippen LogP) is 5.67. The van der Waals surface area contributed by atoms with Crippen LogP contribution in [0.4, 0.5) is 11.8 Å². The van der Waals surface area contributed by atoms with Crippen LogP contribution >= 0.6 is 34.2 Å². The van der Waals surface area contributed by atoms with E-state index >= 15 is 0 Å². The number of nitrogens with zero attached hydrogens (tertiary/aromatic N) is 3. The first-order chi connectivity index (χ1) is 13.6. The molecule has 2 N–H and O–H groups in total. The van der Waals surface area contributed by atoms with Crippen molar-refractivity contribution in [1.29, 1.82) is 0 Å². The van der Waals surface area contributed by atoms with E-state index in [-0.39, 0.29) is 0 Å². The maximum absolute atomic E-state index is 6.45. The number of hydrogen-bond donors (Lipinski definition) is 2. The minimum absolute atomic E-state index is 0.458. The molecule has 4 rings (SSSR count). The Labute approximate surface area is 183 Å². The molecule has 146 valence electrons. The van der Waals surface area contributed by atoms with Crippen LogP contribution in [0.2, 0.25) is 5.02 Å². The number of nitrogens with one attached hydrogen (secondary N) is 2. The number of aromatic nitrogens is 3. The van der Waals surface area contributed by atoms with Crippen molar-refractivity contribution in [2.24, 2.45) is 5.92 Å².